The molecule has 1 aromatic heterocycles. The van der Waals surface area contributed by atoms with Gasteiger partial charge >= 0.3 is 0 Å². The first-order valence-electron chi connectivity index (χ1n) is 7.67. The Balaban J connectivity index is 1.62. The molecule has 1 aliphatic heterocycles. The second-order valence-corrected chi connectivity index (χ2v) is 7.22. The minimum absolute atomic E-state index is 0.215. The number of carbonyl (C=O) groups is 1. The third-order valence-electron chi connectivity index (χ3n) is 4.43. The largest absolute Gasteiger partial charge is 0.338 e. The van der Waals surface area contributed by atoms with Crippen molar-refractivity contribution in [3.05, 3.63) is 21.9 Å². The van der Waals surface area contributed by atoms with Gasteiger partial charge in [-0.05, 0) is 44.4 Å². The van der Waals surface area contributed by atoms with E-state index < -0.39 is 0 Å². The van der Waals surface area contributed by atoms with Gasteiger partial charge in [0.1, 0.15) is 10.9 Å². The summed E-state index contributed by atoms with van der Waals surface area (Å²) < 4.78 is 0. The SMILES string of the molecule is CC(=O)N(CC1CCCN1Cc1ccc(C#N)s1)C1CC1. The van der Waals surface area contributed by atoms with E-state index in [9.17, 15) is 4.79 Å². The van der Waals surface area contributed by atoms with Gasteiger partial charge in [-0.25, -0.2) is 0 Å². The monoisotopic (exact) mass is 303 g/mol. The summed E-state index contributed by atoms with van der Waals surface area (Å²) in [6, 6.07) is 7.13. The van der Waals surface area contributed by atoms with Crippen molar-refractivity contribution in [2.45, 2.75) is 51.2 Å². The van der Waals surface area contributed by atoms with E-state index in [1.165, 1.54) is 30.6 Å². The molecule has 2 aliphatic rings. The fraction of sp³-hybridized carbons (Fsp3) is 0.625. The zero-order valence-electron chi connectivity index (χ0n) is 12.4. The predicted octanol–water partition coefficient (Wildman–Crippen LogP) is 2.60. The average Bonchev–Trinajstić information content (AvgIpc) is 3.04. The molecule has 1 saturated carbocycles. The normalized spacial score (nSPS) is 22.2. The molecule has 1 atom stereocenters. The molecule has 5 heteroatoms. The molecule has 2 fully saturated rings. The van der Waals surface area contributed by atoms with Gasteiger partial charge in [0.2, 0.25) is 5.91 Å². The molecule has 0 spiro atoms. The van der Waals surface area contributed by atoms with Crippen molar-refractivity contribution in [1.82, 2.24) is 9.80 Å². The molecule has 4 nitrogen and oxygen atoms in total. The van der Waals surface area contributed by atoms with Crippen molar-refractivity contribution in [3.63, 3.8) is 0 Å². The van der Waals surface area contributed by atoms with Crippen LogP contribution >= 0.6 is 11.3 Å². The summed E-state index contributed by atoms with van der Waals surface area (Å²) in [7, 11) is 0. The van der Waals surface area contributed by atoms with Crippen LogP contribution in [0.15, 0.2) is 12.1 Å². The molecule has 1 amide bonds. The van der Waals surface area contributed by atoms with Gasteiger partial charge in [-0.3, -0.25) is 9.69 Å². The van der Waals surface area contributed by atoms with E-state index in [1.54, 1.807) is 18.3 Å². The molecule has 0 bridgehead atoms. The van der Waals surface area contributed by atoms with Crippen LogP contribution in [0, 0.1) is 11.3 Å². The molecule has 3 rings (SSSR count). The zero-order chi connectivity index (χ0) is 14.8. The van der Waals surface area contributed by atoms with Crippen LogP contribution in [0.4, 0.5) is 0 Å². The summed E-state index contributed by atoms with van der Waals surface area (Å²) >= 11 is 1.58. The van der Waals surface area contributed by atoms with E-state index in [4.69, 9.17) is 5.26 Å². The number of amides is 1. The topological polar surface area (TPSA) is 47.3 Å². The highest BCUT2D eigenvalue weighted by Crippen LogP contribution is 2.30. The smallest absolute Gasteiger partial charge is 0.219 e. The number of nitriles is 1. The summed E-state index contributed by atoms with van der Waals surface area (Å²) in [5, 5.41) is 8.91. The average molecular weight is 303 g/mol. The van der Waals surface area contributed by atoms with E-state index in [0.717, 1.165) is 24.5 Å². The lowest BCUT2D eigenvalue weighted by Gasteiger charge is -2.30. The van der Waals surface area contributed by atoms with Gasteiger partial charge in [0.15, 0.2) is 0 Å². The number of nitrogens with zero attached hydrogens (tertiary/aromatic N) is 3. The van der Waals surface area contributed by atoms with Gasteiger partial charge < -0.3 is 4.90 Å². The first kappa shape index (κ1) is 14.6. The van der Waals surface area contributed by atoms with Gasteiger partial charge in [-0.15, -0.1) is 11.3 Å². The van der Waals surface area contributed by atoms with Crippen LogP contribution in [-0.4, -0.2) is 40.9 Å². The quantitative estimate of drug-likeness (QED) is 0.840. The Morgan fingerprint density at radius 1 is 1.48 bits per heavy atom. The fourth-order valence-corrected chi connectivity index (χ4v) is 4.01. The van der Waals surface area contributed by atoms with Crippen molar-refractivity contribution in [2.75, 3.05) is 13.1 Å². The maximum absolute atomic E-state index is 11.8. The van der Waals surface area contributed by atoms with Crippen LogP contribution in [0.2, 0.25) is 0 Å². The minimum atomic E-state index is 0.215. The molecule has 0 radical (unpaired) electrons. The molecule has 2 heterocycles. The number of hydrogen-bond donors (Lipinski definition) is 0. The van der Waals surface area contributed by atoms with Crippen molar-refractivity contribution < 1.29 is 4.79 Å². The van der Waals surface area contributed by atoms with Crippen LogP contribution in [0.3, 0.4) is 0 Å². The van der Waals surface area contributed by atoms with E-state index in [0.29, 0.717) is 12.1 Å². The standard InChI is InChI=1S/C16H21N3OS/c1-12(20)19(13-4-5-13)10-14-3-2-8-18(14)11-16-7-6-15(9-17)21-16/h6-7,13-14H,2-5,8,10-11H2,1H3. The van der Waals surface area contributed by atoms with Crippen LogP contribution in [-0.2, 0) is 11.3 Å². The van der Waals surface area contributed by atoms with Gasteiger partial charge in [-0.1, -0.05) is 0 Å². The number of rotatable bonds is 5. The summed E-state index contributed by atoms with van der Waals surface area (Å²) in [5.41, 5.74) is 0. The molecule has 0 aromatic carbocycles. The summed E-state index contributed by atoms with van der Waals surface area (Å²) in [6.45, 7) is 4.57. The van der Waals surface area contributed by atoms with Crippen LogP contribution in [0.5, 0.6) is 0 Å². The molecule has 0 N–H and O–H groups in total. The van der Waals surface area contributed by atoms with Crippen molar-refractivity contribution >= 4 is 17.2 Å². The highest BCUT2D eigenvalue weighted by Gasteiger charge is 2.35. The number of hydrogen-bond acceptors (Lipinski definition) is 4. The fourth-order valence-electron chi connectivity index (χ4n) is 3.18. The Labute approximate surface area is 130 Å². The lowest BCUT2D eigenvalue weighted by Crippen LogP contribution is -2.43. The summed E-state index contributed by atoms with van der Waals surface area (Å²) in [5.74, 6) is 0.215. The van der Waals surface area contributed by atoms with Gasteiger partial charge in [0.05, 0.1) is 0 Å². The van der Waals surface area contributed by atoms with E-state index in [-0.39, 0.29) is 5.91 Å². The van der Waals surface area contributed by atoms with Crippen LogP contribution < -0.4 is 0 Å². The third kappa shape index (κ3) is 3.45. The summed E-state index contributed by atoms with van der Waals surface area (Å²) in [6.07, 6.45) is 4.72. The molecular weight excluding hydrogens is 282 g/mol. The lowest BCUT2D eigenvalue weighted by atomic mass is 10.2. The Morgan fingerprint density at radius 2 is 2.29 bits per heavy atom. The van der Waals surface area contributed by atoms with Gasteiger partial charge in [0.25, 0.3) is 0 Å². The van der Waals surface area contributed by atoms with Crippen molar-refractivity contribution in [3.8, 4) is 6.07 Å². The molecule has 1 aromatic rings. The Kier molecular flexibility index (Phi) is 4.27. The highest BCUT2D eigenvalue weighted by atomic mass is 32.1. The first-order valence-corrected chi connectivity index (χ1v) is 8.49. The predicted molar refractivity (Wildman–Crippen MR) is 82.9 cm³/mol. The second-order valence-electron chi connectivity index (χ2n) is 6.05. The molecule has 1 unspecified atom stereocenters. The Bertz CT molecular complexity index is 558. The number of carbonyl (C=O) groups excluding carboxylic acids is 1. The van der Waals surface area contributed by atoms with Gasteiger partial charge in [-0.2, -0.15) is 5.26 Å². The van der Waals surface area contributed by atoms with E-state index in [1.807, 2.05) is 6.07 Å². The maximum atomic E-state index is 11.8. The molecular formula is C16H21N3OS. The second kappa shape index (κ2) is 6.17. The maximum Gasteiger partial charge on any atom is 0.219 e. The van der Waals surface area contributed by atoms with Crippen molar-refractivity contribution in [2.24, 2.45) is 0 Å². The molecule has 21 heavy (non-hydrogen) atoms. The first-order chi connectivity index (χ1) is 10.2. The molecule has 112 valence electrons. The summed E-state index contributed by atoms with van der Waals surface area (Å²) in [4.78, 5) is 18.4. The third-order valence-corrected chi connectivity index (χ3v) is 5.40. The van der Waals surface area contributed by atoms with Crippen LogP contribution in [0.25, 0.3) is 0 Å². The van der Waals surface area contributed by atoms with Gasteiger partial charge in [0, 0.05) is 37.0 Å². The highest BCUT2D eigenvalue weighted by molar-refractivity contribution is 7.12. The Morgan fingerprint density at radius 3 is 2.90 bits per heavy atom. The van der Waals surface area contributed by atoms with Crippen LogP contribution in [0.1, 0.15) is 42.4 Å². The van der Waals surface area contributed by atoms with Crippen molar-refractivity contribution in [1.29, 1.82) is 5.26 Å². The molecule has 1 saturated heterocycles. The van der Waals surface area contributed by atoms with E-state index in [2.05, 4.69) is 21.9 Å². The Hall–Kier alpha value is -1.38. The minimum Gasteiger partial charge on any atom is -0.338 e. The zero-order valence-corrected chi connectivity index (χ0v) is 13.2. The molecule has 1 aliphatic carbocycles. The number of likely N-dealkylation sites (tertiary alicyclic amines) is 1. The lowest BCUT2D eigenvalue weighted by molar-refractivity contribution is -0.130. The van der Waals surface area contributed by atoms with E-state index >= 15 is 0 Å². The number of thiophene rings is 1.